The number of nitriles is 1. The van der Waals surface area contributed by atoms with Gasteiger partial charge in [0.25, 0.3) is 0 Å². The Kier molecular flexibility index (Phi) is 9.79. The van der Waals surface area contributed by atoms with E-state index in [1.165, 1.54) is 35.6 Å². The van der Waals surface area contributed by atoms with E-state index in [1.807, 2.05) is 14.1 Å². The number of ether oxygens (including phenoxy) is 1. The first-order valence-corrected chi connectivity index (χ1v) is 12.7. The predicted octanol–water partition coefficient (Wildman–Crippen LogP) is 1.58. The van der Waals surface area contributed by atoms with E-state index in [4.69, 9.17) is 14.6 Å². The average molecular weight is 603 g/mol. The minimum atomic E-state index is -4.63. The van der Waals surface area contributed by atoms with Crippen molar-refractivity contribution in [1.82, 2.24) is 14.8 Å². The zero-order valence-electron chi connectivity index (χ0n) is 23.7. The lowest BCUT2D eigenvalue weighted by Crippen LogP contribution is -2.42. The van der Waals surface area contributed by atoms with Gasteiger partial charge in [-0.1, -0.05) is 12.1 Å². The SMILES string of the molecule is COC(=O)C1=C(C)N(c2cccc(C(F)(F)F)c2)c2n[nH]c(=O)n2C1c1ccc(C#N)cc1C[N+](C)(C)CCO.O=C[O-]. The van der Waals surface area contributed by atoms with Crippen LogP contribution in [0.4, 0.5) is 24.8 Å². The van der Waals surface area contributed by atoms with Crippen molar-refractivity contribution in [3.8, 4) is 6.07 Å². The number of aromatic nitrogens is 3. The minimum Gasteiger partial charge on any atom is -0.554 e. The first-order valence-electron chi connectivity index (χ1n) is 12.7. The average Bonchev–Trinajstić information content (AvgIpc) is 3.32. The van der Waals surface area contributed by atoms with Gasteiger partial charge in [0.2, 0.25) is 5.95 Å². The topological polar surface area (TPSA) is 164 Å². The maximum absolute atomic E-state index is 13.5. The van der Waals surface area contributed by atoms with Gasteiger partial charge in [-0.05, 0) is 42.8 Å². The molecule has 0 bridgehead atoms. The lowest BCUT2D eigenvalue weighted by atomic mass is 9.89. The number of likely N-dealkylation sites (N-methyl/N-ethyl adjacent to an activating group) is 1. The number of rotatable bonds is 7. The van der Waals surface area contributed by atoms with Gasteiger partial charge >= 0.3 is 17.8 Å². The fourth-order valence-electron chi connectivity index (χ4n) is 4.97. The highest BCUT2D eigenvalue weighted by Gasteiger charge is 2.41. The zero-order chi connectivity index (χ0) is 32.1. The second-order valence-electron chi connectivity index (χ2n) is 10.1. The number of carboxylic acid groups (broad SMARTS) is 1. The Labute approximate surface area is 244 Å². The van der Waals surface area contributed by atoms with E-state index in [0.717, 1.165) is 12.1 Å². The minimum absolute atomic E-state index is 0.00864. The van der Waals surface area contributed by atoms with Crippen molar-refractivity contribution in [3.05, 3.63) is 86.5 Å². The molecule has 2 aromatic carbocycles. The highest BCUT2D eigenvalue weighted by molar-refractivity contribution is 5.93. The summed E-state index contributed by atoms with van der Waals surface area (Å²) >= 11 is 0. The smallest absolute Gasteiger partial charge is 0.416 e. The number of esters is 1. The number of nitrogens with zero attached hydrogens (tertiary/aromatic N) is 5. The lowest BCUT2D eigenvalue weighted by molar-refractivity contribution is -0.903. The fraction of sp³-hybridized carbons (Fsp3) is 0.321. The molecule has 4 rings (SSSR count). The second kappa shape index (κ2) is 12.9. The number of alkyl halides is 3. The third-order valence-corrected chi connectivity index (χ3v) is 6.85. The molecule has 12 nitrogen and oxygen atoms in total. The monoisotopic (exact) mass is 602 g/mol. The predicted molar refractivity (Wildman–Crippen MR) is 144 cm³/mol. The lowest BCUT2D eigenvalue weighted by Gasteiger charge is -2.37. The molecule has 3 aromatic rings. The molecule has 0 amide bonds. The maximum atomic E-state index is 13.5. The number of nitrogens with one attached hydrogen (secondary N) is 1. The van der Waals surface area contributed by atoms with Crippen molar-refractivity contribution in [2.75, 3.05) is 39.3 Å². The fourth-order valence-corrected chi connectivity index (χ4v) is 4.97. The van der Waals surface area contributed by atoms with Gasteiger partial charge < -0.3 is 24.2 Å². The summed E-state index contributed by atoms with van der Waals surface area (Å²) in [6.45, 7) is 1.67. The van der Waals surface area contributed by atoms with Crippen molar-refractivity contribution in [1.29, 1.82) is 5.26 Å². The summed E-state index contributed by atoms with van der Waals surface area (Å²) in [5.74, 6) is -0.823. The maximum Gasteiger partial charge on any atom is 0.416 e. The van der Waals surface area contributed by atoms with Gasteiger partial charge in [-0.2, -0.15) is 18.4 Å². The molecule has 228 valence electrons. The Morgan fingerprint density at radius 2 is 1.95 bits per heavy atom. The Balaban J connectivity index is 0.00000162. The van der Waals surface area contributed by atoms with E-state index < -0.39 is 35.9 Å². The summed E-state index contributed by atoms with van der Waals surface area (Å²) in [6.07, 6.45) is -4.63. The van der Waals surface area contributed by atoms with Crippen molar-refractivity contribution in [2.24, 2.45) is 0 Å². The number of carbonyl (C=O) groups is 2. The largest absolute Gasteiger partial charge is 0.554 e. The number of aliphatic hydroxyl groups is 1. The van der Waals surface area contributed by atoms with Crippen LogP contribution in [0.3, 0.4) is 0 Å². The van der Waals surface area contributed by atoms with Gasteiger partial charge in [0.1, 0.15) is 19.1 Å². The van der Waals surface area contributed by atoms with E-state index in [0.29, 0.717) is 34.3 Å². The number of aromatic amines is 1. The van der Waals surface area contributed by atoms with Gasteiger partial charge in [-0.25, -0.2) is 19.3 Å². The number of hydrogen-bond donors (Lipinski definition) is 2. The quantitative estimate of drug-likeness (QED) is 0.232. The molecular formula is C28H29F3N6O6. The molecular weight excluding hydrogens is 573 g/mol. The molecule has 0 fully saturated rings. The molecule has 0 radical (unpaired) electrons. The van der Waals surface area contributed by atoms with Gasteiger partial charge in [0.15, 0.2) is 0 Å². The Morgan fingerprint density at radius 1 is 1.28 bits per heavy atom. The third kappa shape index (κ3) is 6.76. The Bertz CT molecular complexity index is 1640. The molecule has 1 unspecified atom stereocenters. The highest BCUT2D eigenvalue weighted by atomic mass is 19.4. The number of methoxy groups -OCH3 is 1. The molecule has 1 atom stereocenters. The molecule has 1 aromatic heterocycles. The van der Waals surface area contributed by atoms with Crippen molar-refractivity contribution in [3.63, 3.8) is 0 Å². The number of anilines is 2. The van der Waals surface area contributed by atoms with E-state index in [-0.39, 0.29) is 29.5 Å². The molecule has 0 aliphatic carbocycles. The summed E-state index contributed by atoms with van der Waals surface area (Å²) < 4.78 is 47.3. The molecule has 0 spiro atoms. The third-order valence-electron chi connectivity index (χ3n) is 6.85. The first kappa shape index (κ1) is 32.6. The van der Waals surface area contributed by atoms with Crippen molar-refractivity contribution >= 4 is 24.1 Å². The number of hydrogen-bond acceptors (Lipinski definition) is 9. The molecule has 1 aliphatic rings. The summed E-state index contributed by atoms with van der Waals surface area (Å²) in [5.41, 5.74) is 0.112. The molecule has 2 N–H and O–H groups in total. The Morgan fingerprint density at radius 3 is 2.53 bits per heavy atom. The number of benzene rings is 2. The number of halogens is 3. The van der Waals surface area contributed by atoms with E-state index >= 15 is 0 Å². The number of H-pyrrole nitrogens is 1. The van der Waals surface area contributed by atoms with Gasteiger partial charge in [0, 0.05) is 23.4 Å². The number of fused-ring (bicyclic) bond motifs is 1. The van der Waals surface area contributed by atoms with E-state index in [1.54, 1.807) is 18.2 Å². The summed E-state index contributed by atoms with van der Waals surface area (Å²) in [6, 6.07) is 10.3. The normalized spacial score (nSPS) is 14.8. The second-order valence-corrected chi connectivity index (χ2v) is 10.1. The van der Waals surface area contributed by atoms with Crippen LogP contribution in [0, 0.1) is 11.3 Å². The molecule has 0 saturated carbocycles. The van der Waals surface area contributed by atoms with Crippen LogP contribution in [0.1, 0.15) is 35.2 Å². The zero-order valence-corrected chi connectivity index (χ0v) is 23.7. The number of quaternary nitrogens is 1. The number of carbonyl (C=O) groups excluding carboxylic acids is 2. The first-order chi connectivity index (χ1) is 20.2. The molecule has 2 heterocycles. The number of aliphatic hydroxyl groups excluding tert-OH is 1. The highest BCUT2D eigenvalue weighted by Crippen LogP contribution is 2.43. The molecule has 1 aliphatic heterocycles. The van der Waals surface area contributed by atoms with Crippen LogP contribution < -0.4 is 15.7 Å². The van der Waals surface area contributed by atoms with Crippen LogP contribution in [0.2, 0.25) is 0 Å². The molecule has 15 heteroatoms. The van der Waals surface area contributed by atoms with Crippen LogP contribution in [-0.2, 0) is 27.0 Å². The van der Waals surface area contributed by atoms with E-state index in [2.05, 4.69) is 16.3 Å². The molecule has 0 saturated heterocycles. The van der Waals surface area contributed by atoms with Crippen LogP contribution in [-0.4, -0.2) is 71.2 Å². The van der Waals surface area contributed by atoms with Crippen LogP contribution in [0.25, 0.3) is 0 Å². The van der Waals surface area contributed by atoms with Gasteiger partial charge in [0.05, 0.1) is 50.6 Å². The number of allylic oxidation sites excluding steroid dienone is 1. The van der Waals surface area contributed by atoms with Gasteiger partial charge in [-0.15, -0.1) is 5.10 Å². The van der Waals surface area contributed by atoms with Crippen molar-refractivity contribution in [2.45, 2.75) is 25.7 Å². The Hall–Kier alpha value is -4.94. The standard InChI is InChI=1S/C27H27F3N6O4.CH2O2/c1-16-22(24(38)40-4)23(21-9-8-17(14-31)12-18(21)15-36(2,3)10-11-37)35-25(32-33-26(35)39)34(16)20-7-5-6-19(13-20)27(28,29)30;2-1-3/h5-9,12-13,23,37H,10-11,15H2,1-4H3;1H,(H,2,3). The van der Waals surface area contributed by atoms with Crippen LogP contribution in [0.15, 0.2) is 58.5 Å². The summed E-state index contributed by atoms with van der Waals surface area (Å²) in [5, 5.41) is 33.8. The molecule has 43 heavy (non-hydrogen) atoms. The summed E-state index contributed by atoms with van der Waals surface area (Å²) in [4.78, 5) is 36.1. The van der Waals surface area contributed by atoms with E-state index in [9.17, 15) is 33.1 Å². The van der Waals surface area contributed by atoms with Crippen LogP contribution in [0.5, 0.6) is 0 Å². The van der Waals surface area contributed by atoms with Crippen LogP contribution >= 0.6 is 0 Å². The van der Waals surface area contributed by atoms with Crippen molar-refractivity contribution < 1.29 is 42.2 Å². The van der Waals surface area contributed by atoms with Gasteiger partial charge in [-0.3, -0.25) is 4.90 Å². The summed E-state index contributed by atoms with van der Waals surface area (Å²) in [7, 11) is 4.93.